The average Bonchev–Trinajstić information content (AvgIpc) is 2.26. The van der Waals surface area contributed by atoms with Crippen molar-refractivity contribution >= 4 is 11.9 Å². The molecule has 1 saturated heterocycles. The van der Waals surface area contributed by atoms with Crippen LogP contribution in [0.3, 0.4) is 0 Å². The van der Waals surface area contributed by atoms with Crippen LogP contribution >= 0.6 is 0 Å². The van der Waals surface area contributed by atoms with Gasteiger partial charge in [-0.3, -0.25) is 4.79 Å². The molecule has 5 nitrogen and oxygen atoms in total. The van der Waals surface area contributed by atoms with Gasteiger partial charge in [0.15, 0.2) is 0 Å². The smallest absolute Gasteiger partial charge is 0.396 e. The molecule has 92 valence electrons. The molecule has 16 heavy (non-hydrogen) atoms. The number of hydrogen-bond donors (Lipinski definition) is 1. The lowest BCUT2D eigenvalue weighted by molar-refractivity contribution is -0.160. The predicted molar refractivity (Wildman–Crippen MR) is 57.6 cm³/mol. The molecule has 1 aliphatic heterocycles. The Bertz CT molecular complexity index is 282. The Morgan fingerprint density at radius 3 is 2.56 bits per heavy atom. The number of methoxy groups -OCH3 is 1. The van der Waals surface area contributed by atoms with Crippen LogP contribution in [0.4, 0.5) is 0 Å². The minimum Gasteiger partial charge on any atom is -0.462 e. The molecule has 0 aliphatic carbocycles. The van der Waals surface area contributed by atoms with E-state index in [1.165, 1.54) is 12.0 Å². The van der Waals surface area contributed by atoms with E-state index in [1.807, 2.05) is 0 Å². The van der Waals surface area contributed by atoms with Crippen molar-refractivity contribution in [3.05, 3.63) is 0 Å². The topological polar surface area (TPSA) is 66.8 Å². The van der Waals surface area contributed by atoms with E-state index in [1.54, 1.807) is 13.8 Å². The number of carbonyl (C=O) groups is 2. The Labute approximate surface area is 95.4 Å². The van der Waals surface area contributed by atoms with Gasteiger partial charge in [0, 0.05) is 19.0 Å². The molecule has 5 heteroatoms. The second-order valence-electron chi connectivity index (χ2n) is 4.74. The van der Waals surface area contributed by atoms with Crippen LogP contribution in [0.25, 0.3) is 0 Å². The molecule has 1 aliphatic rings. The first-order chi connectivity index (χ1) is 7.36. The van der Waals surface area contributed by atoms with E-state index < -0.39 is 17.5 Å². The summed E-state index contributed by atoms with van der Waals surface area (Å²) < 4.78 is 4.39. The number of esters is 1. The molecular weight excluding hydrogens is 210 g/mol. The van der Waals surface area contributed by atoms with E-state index in [4.69, 9.17) is 0 Å². The van der Waals surface area contributed by atoms with Crippen LogP contribution in [-0.4, -0.2) is 47.7 Å². The van der Waals surface area contributed by atoms with Gasteiger partial charge in [-0.2, -0.15) is 0 Å². The summed E-state index contributed by atoms with van der Waals surface area (Å²) in [5.74, 6) is -1.44. The van der Waals surface area contributed by atoms with Gasteiger partial charge in [-0.25, -0.2) is 4.79 Å². The van der Waals surface area contributed by atoms with Crippen molar-refractivity contribution < 1.29 is 19.4 Å². The molecular formula is C11H19NO4. The Morgan fingerprint density at radius 1 is 1.44 bits per heavy atom. The van der Waals surface area contributed by atoms with Crippen LogP contribution in [-0.2, 0) is 14.3 Å². The van der Waals surface area contributed by atoms with E-state index in [2.05, 4.69) is 4.74 Å². The SMILES string of the molecule is COC(=O)C(=O)N1CCCC(C(C)(C)O)C1. The van der Waals surface area contributed by atoms with Crippen molar-refractivity contribution in [1.29, 1.82) is 0 Å². The van der Waals surface area contributed by atoms with Crippen molar-refractivity contribution in [3.8, 4) is 0 Å². The molecule has 1 unspecified atom stereocenters. The number of likely N-dealkylation sites (tertiary alicyclic amines) is 1. The van der Waals surface area contributed by atoms with Gasteiger partial charge in [0.1, 0.15) is 0 Å². The van der Waals surface area contributed by atoms with Gasteiger partial charge in [0.25, 0.3) is 0 Å². The summed E-state index contributed by atoms with van der Waals surface area (Å²) in [6.45, 7) is 4.42. The van der Waals surface area contributed by atoms with Crippen LogP contribution < -0.4 is 0 Å². The standard InChI is InChI=1S/C11H19NO4/c1-11(2,15)8-5-4-6-12(7-8)9(13)10(14)16-3/h8,15H,4-7H2,1-3H3. The lowest BCUT2D eigenvalue weighted by atomic mass is 9.84. The fourth-order valence-corrected chi connectivity index (χ4v) is 1.95. The van der Waals surface area contributed by atoms with Crippen molar-refractivity contribution in [2.24, 2.45) is 5.92 Å². The summed E-state index contributed by atoms with van der Waals surface area (Å²) >= 11 is 0. The summed E-state index contributed by atoms with van der Waals surface area (Å²) in [5, 5.41) is 9.88. The monoisotopic (exact) mass is 229 g/mol. The van der Waals surface area contributed by atoms with Crippen LogP contribution in [0, 0.1) is 5.92 Å². The molecule has 0 aromatic heterocycles. The maximum atomic E-state index is 11.6. The lowest BCUT2D eigenvalue weighted by Gasteiger charge is -2.38. The molecule has 0 aromatic carbocycles. The molecule has 0 bridgehead atoms. The van der Waals surface area contributed by atoms with Crippen molar-refractivity contribution in [1.82, 2.24) is 4.90 Å². The summed E-state index contributed by atoms with van der Waals surface area (Å²) in [7, 11) is 1.19. The first-order valence-corrected chi connectivity index (χ1v) is 5.46. The number of aliphatic hydroxyl groups is 1. The van der Waals surface area contributed by atoms with Crippen molar-refractivity contribution in [2.75, 3.05) is 20.2 Å². The Hall–Kier alpha value is -1.10. The number of ether oxygens (including phenoxy) is 1. The summed E-state index contributed by atoms with van der Waals surface area (Å²) in [6, 6.07) is 0. The first kappa shape index (κ1) is 13.0. The van der Waals surface area contributed by atoms with Crippen LogP contribution in [0.15, 0.2) is 0 Å². The normalized spacial score (nSPS) is 21.8. The minimum absolute atomic E-state index is 0.00913. The highest BCUT2D eigenvalue weighted by atomic mass is 16.5. The maximum absolute atomic E-state index is 11.6. The second kappa shape index (κ2) is 4.82. The molecule has 1 amide bonds. The fraction of sp³-hybridized carbons (Fsp3) is 0.818. The van der Waals surface area contributed by atoms with Gasteiger partial charge in [0.05, 0.1) is 12.7 Å². The summed E-state index contributed by atoms with van der Waals surface area (Å²) in [5.41, 5.74) is -0.824. The zero-order chi connectivity index (χ0) is 12.3. The van der Waals surface area contributed by atoms with Gasteiger partial charge >= 0.3 is 11.9 Å². The zero-order valence-corrected chi connectivity index (χ0v) is 10.0. The van der Waals surface area contributed by atoms with Gasteiger partial charge in [-0.05, 0) is 26.7 Å². The second-order valence-corrected chi connectivity index (χ2v) is 4.74. The van der Waals surface area contributed by atoms with Crippen LogP contribution in [0.5, 0.6) is 0 Å². The number of carbonyl (C=O) groups excluding carboxylic acids is 2. The fourth-order valence-electron chi connectivity index (χ4n) is 1.95. The lowest BCUT2D eigenvalue weighted by Crippen LogP contribution is -2.49. The molecule has 0 aromatic rings. The number of nitrogens with zero attached hydrogens (tertiary/aromatic N) is 1. The number of rotatable bonds is 1. The Balaban J connectivity index is 2.64. The molecule has 0 spiro atoms. The molecule has 1 fully saturated rings. The van der Waals surface area contributed by atoms with Gasteiger partial charge in [-0.15, -0.1) is 0 Å². The highest BCUT2D eigenvalue weighted by Gasteiger charge is 2.34. The Kier molecular flexibility index (Phi) is 3.91. The summed E-state index contributed by atoms with van der Waals surface area (Å²) in [4.78, 5) is 24.1. The first-order valence-electron chi connectivity index (χ1n) is 5.46. The van der Waals surface area contributed by atoms with Gasteiger partial charge < -0.3 is 14.7 Å². The third kappa shape index (κ3) is 2.95. The van der Waals surface area contributed by atoms with E-state index in [0.717, 1.165) is 12.8 Å². The third-order valence-corrected chi connectivity index (χ3v) is 3.07. The van der Waals surface area contributed by atoms with Gasteiger partial charge in [-0.1, -0.05) is 0 Å². The van der Waals surface area contributed by atoms with E-state index in [0.29, 0.717) is 13.1 Å². The van der Waals surface area contributed by atoms with Crippen LogP contribution in [0.2, 0.25) is 0 Å². The molecule has 0 saturated carbocycles. The van der Waals surface area contributed by atoms with E-state index in [-0.39, 0.29) is 5.92 Å². The number of amides is 1. The highest BCUT2D eigenvalue weighted by molar-refractivity contribution is 6.32. The van der Waals surface area contributed by atoms with Crippen LogP contribution in [0.1, 0.15) is 26.7 Å². The molecule has 1 rings (SSSR count). The van der Waals surface area contributed by atoms with E-state index >= 15 is 0 Å². The van der Waals surface area contributed by atoms with Gasteiger partial charge in [0.2, 0.25) is 0 Å². The van der Waals surface area contributed by atoms with E-state index in [9.17, 15) is 14.7 Å². The Morgan fingerprint density at radius 2 is 2.06 bits per heavy atom. The molecule has 1 heterocycles. The largest absolute Gasteiger partial charge is 0.462 e. The molecule has 0 radical (unpaired) electrons. The van der Waals surface area contributed by atoms with Crippen molar-refractivity contribution in [2.45, 2.75) is 32.3 Å². The quantitative estimate of drug-likeness (QED) is 0.514. The zero-order valence-electron chi connectivity index (χ0n) is 10.0. The number of hydrogen-bond acceptors (Lipinski definition) is 4. The maximum Gasteiger partial charge on any atom is 0.396 e. The third-order valence-electron chi connectivity index (χ3n) is 3.07. The average molecular weight is 229 g/mol. The molecule has 1 N–H and O–H groups in total. The predicted octanol–water partition coefficient (Wildman–Crippen LogP) is 0.169. The minimum atomic E-state index is -0.837. The highest BCUT2D eigenvalue weighted by Crippen LogP contribution is 2.26. The number of piperidine rings is 1. The van der Waals surface area contributed by atoms with Crippen molar-refractivity contribution in [3.63, 3.8) is 0 Å². The summed E-state index contributed by atoms with van der Waals surface area (Å²) in [6.07, 6.45) is 1.67. The molecule has 1 atom stereocenters.